The quantitative estimate of drug-likeness (QED) is 0.362. The number of methoxy groups -OCH3 is 3. The Morgan fingerprint density at radius 2 is 1.67 bits per heavy atom. The van der Waals surface area contributed by atoms with Crippen molar-refractivity contribution < 1.29 is 33.3 Å². The van der Waals surface area contributed by atoms with E-state index < -0.39 is 11.9 Å². The highest BCUT2D eigenvalue weighted by molar-refractivity contribution is 9.10. The lowest BCUT2D eigenvalue weighted by atomic mass is 9.71. The summed E-state index contributed by atoms with van der Waals surface area (Å²) in [5, 5.41) is 3.38. The topological polar surface area (TPSA) is 92.3 Å². The van der Waals surface area contributed by atoms with Gasteiger partial charge in [0.25, 0.3) is 0 Å². The number of Topliss-reactive ketones (excluding diaryl/α,β-unsaturated/α-hetero) is 1. The lowest BCUT2D eigenvalue weighted by Crippen LogP contribution is -2.36. The predicted molar refractivity (Wildman–Crippen MR) is 151 cm³/mol. The van der Waals surface area contributed by atoms with Crippen molar-refractivity contribution in [2.75, 3.05) is 34.5 Å². The Morgan fingerprint density at radius 3 is 2.31 bits per heavy atom. The van der Waals surface area contributed by atoms with Gasteiger partial charge in [-0.15, -0.1) is 0 Å². The fourth-order valence-electron chi connectivity index (χ4n) is 5.41. The van der Waals surface area contributed by atoms with Crippen molar-refractivity contribution in [2.24, 2.45) is 0 Å². The maximum Gasteiger partial charge on any atom is 0.336 e. The van der Waals surface area contributed by atoms with Crippen LogP contribution in [0.5, 0.6) is 23.0 Å². The smallest absolute Gasteiger partial charge is 0.336 e. The molecular formula is C30H34BrNO7. The molecule has 0 radical (unpaired) electrons. The number of allylic oxidation sites excluding steroid dienone is 3. The molecule has 0 aromatic heterocycles. The molecule has 1 heterocycles. The monoisotopic (exact) mass is 599 g/mol. The zero-order chi connectivity index (χ0) is 28.3. The number of hydrogen-bond donors (Lipinski definition) is 1. The highest BCUT2D eigenvalue weighted by Gasteiger charge is 2.42. The summed E-state index contributed by atoms with van der Waals surface area (Å²) in [7, 11) is 4.76. The number of hydrogen-bond acceptors (Lipinski definition) is 8. The van der Waals surface area contributed by atoms with Crippen LogP contribution in [0.15, 0.2) is 57.3 Å². The van der Waals surface area contributed by atoms with Gasteiger partial charge in [0.15, 0.2) is 28.8 Å². The van der Waals surface area contributed by atoms with Crippen molar-refractivity contribution in [2.45, 2.75) is 45.4 Å². The zero-order valence-corrected chi connectivity index (χ0v) is 24.7. The summed E-state index contributed by atoms with van der Waals surface area (Å²) in [6, 6.07) is 9.46. The Labute approximate surface area is 237 Å². The van der Waals surface area contributed by atoms with E-state index in [1.807, 2.05) is 44.2 Å². The lowest BCUT2D eigenvalue weighted by Gasteiger charge is -2.37. The van der Waals surface area contributed by atoms with Gasteiger partial charge < -0.3 is 29.0 Å². The third-order valence-electron chi connectivity index (χ3n) is 7.07. The molecule has 9 heteroatoms. The van der Waals surface area contributed by atoms with Gasteiger partial charge in [-0.25, -0.2) is 4.79 Å². The molecule has 0 amide bonds. The maximum atomic E-state index is 13.9. The van der Waals surface area contributed by atoms with Gasteiger partial charge >= 0.3 is 5.97 Å². The molecule has 1 aliphatic carbocycles. The standard InChI is InChI=1S/C30H34BrNO7/c1-7-38-25-15-19(11-20(31)29(25)37-6)27-26(30(34)39-8-2)16(3)32-21-12-18(13-22(33)28(21)27)17-9-10-23(35-4)24(14-17)36-5/h9-11,14-15,18,27,32H,7-8,12-13H2,1-6H3/t18-,27+/m0/s1. The summed E-state index contributed by atoms with van der Waals surface area (Å²) in [5.74, 6) is 1.13. The first-order chi connectivity index (χ1) is 18.8. The first-order valence-electron chi connectivity index (χ1n) is 12.9. The molecule has 2 atom stereocenters. The first kappa shape index (κ1) is 28.5. The van der Waals surface area contributed by atoms with E-state index in [4.69, 9.17) is 23.7 Å². The average Bonchev–Trinajstić information content (AvgIpc) is 2.91. The molecule has 2 aromatic carbocycles. The Bertz CT molecular complexity index is 1350. The molecular weight excluding hydrogens is 566 g/mol. The van der Waals surface area contributed by atoms with E-state index >= 15 is 0 Å². The summed E-state index contributed by atoms with van der Waals surface area (Å²) in [6.07, 6.45) is 0.882. The second-order valence-corrected chi connectivity index (χ2v) is 10.2. The summed E-state index contributed by atoms with van der Waals surface area (Å²) in [5.41, 5.74) is 4.15. The van der Waals surface area contributed by atoms with E-state index in [0.717, 1.165) is 16.8 Å². The van der Waals surface area contributed by atoms with Crippen LogP contribution < -0.4 is 24.3 Å². The van der Waals surface area contributed by atoms with Crippen molar-refractivity contribution in [1.82, 2.24) is 5.32 Å². The minimum Gasteiger partial charge on any atom is -0.493 e. The van der Waals surface area contributed by atoms with E-state index in [1.165, 1.54) is 0 Å². The van der Waals surface area contributed by atoms with Crippen molar-refractivity contribution >= 4 is 27.7 Å². The number of ketones is 1. The van der Waals surface area contributed by atoms with E-state index in [1.54, 1.807) is 28.3 Å². The van der Waals surface area contributed by atoms with Gasteiger partial charge in [-0.05, 0) is 84.4 Å². The van der Waals surface area contributed by atoms with Gasteiger partial charge in [-0.2, -0.15) is 0 Å². The molecule has 4 rings (SSSR count). The maximum absolute atomic E-state index is 13.9. The van der Waals surface area contributed by atoms with Crippen LogP contribution in [-0.4, -0.2) is 46.3 Å². The van der Waals surface area contributed by atoms with Crippen LogP contribution in [-0.2, 0) is 14.3 Å². The minimum atomic E-state index is -0.624. The molecule has 0 fully saturated rings. The van der Waals surface area contributed by atoms with Crippen molar-refractivity contribution in [1.29, 1.82) is 0 Å². The highest BCUT2D eigenvalue weighted by atomic mass is 79.9. The average molecular weight is 601 g/mol. The Kier molecular flexibility index (Phi) is 8.90. The molecule has 0 bridgehead atoms. The fraction of sp³-hybridized carbons (Fsp3) is 0.400. The molecule has 1 aliphatic heterocycles. The number of nitrogens with one attached hydrogen (secondary N) is 1. The number of carbonyl (C=O) groups is 2. The lowest BCUT2D eigenvalue weighted by molar-refractivity contribution is -0.138. The summed E-state index contributed by atoms with van der Waals surface area (Å²) >= 11 is 3.59. The highest BCUT2D eigenvalue weighted by Crippen LogP contribution is 2.49. The Morgan fingerprint density at radius 1 is 0.949 bits per heavy atom. The van der Waals surface area contributed by atoms with Gasteiger partial charge in [0, 0.05) is 29.3 Å². The Hall–Kier alpha value is -3.46. The van der Waals surface area contributed by atoms with Crippen LogP contribution >= 0.6 is 15.9 Å². The third-order valence-corrected chi connectivity index (χ3v) is 7.66. The van der Waals surface area contributed by atoms with Gasteiger partial charge in [-0.1, -0.05) is 6.07 Å². The molecule has 1 N–H and O–H groups in total. The van der Waals surface area contributed by atoms with Crippen LogP contribution in [0.4, 0.5) is 0 Å². The van der Waals surface area contributed by atoms with E-state index in [-0.39, 0.29) is 24.7 Å². The van der Waals surface area contributed by atoms with Crippen LogP contribution in [0.3, 0.4) is 0 Å². The van der Waals surface area contributed by atoms with Gasteiger partial charge in [-0.3, -0.25) is 4.79 Å². The number of dihydropyridines is 1. The molecule has 8 nitrogen and oxygen atoms in total. The van der Waals surface area contributed by atoms with Gasteiger partial charge in [0.05, 0.1) is 44.6 Å². The van der Waals surface area contributed by atoms with Crippen molar-refractivity contribution in [3.63, 3.8) is 0 Å². The van der Waals surface area contributed by atoms with Crippen LogP contribution in [0, 0.1) is 0 Å². The molecule has 0 unspecified atom stereocenters. The van der Waals surface area contributed by atoms with Crippen LogP contribution in [0.1, 0.15) is 56.6 Å². The van der Waals surface area contributed by atoms with E-state index in [9.17, 15) is 9.59 Å². The number of halogens is 1. The molecule has 39 heavy (non-hydrogen) atoms. The molecule has 0 saturated heterocycles. The van der Waals surface area contributed by atoms with E-state index in [0.29, 0.717) is 57.3 Å². The second-order valence-electron chi connectivity index (χ2n) is 9.32. The number of carbonyl (C=O) groups excluding carboxylic acids is 2. The SMILES string of the molecule is CCOC(=O)C1=C(C)NC2=C(C(=O)C[C@@H](c3ccc(OC)c(OC)c3)C2)[C@@H]1c1cc(Br)c(OC)c(OCC)c1. The van der Waals surface area contributed by atoms with Crippen molar-refractivity contribution in [3.05, 3.63) is 68.5 Å². The first-order valence-corrected chi connectivity index (χ1v) is 13.7. The van der Waals surface area contributed by atoms with Crippen LogP contribution in [0.2, 0.25) is 0 Å². The summed E-state index contributed by atoms with van der Waals surface area (Å²) < 4.78 is 28.4. The fourth-order valence-corrected chi connectivity index (χ4v) is 6.03. The normalized spacial score (nSPS) is 18.8. The molecule has 2 aromatic rings. The molecule has 2 aliphatic rings. The number of esters is 1. The molecule has 0 spiro atoms. The largest absolute Gasteiger partial charge is 0.493 e. The summed E-state index contributed by atoms with van der Waals surface area (Å²) in [4.78, 5) is 27.2. The second kappa shape index (κ2) is 12.2. The van der Waals surface area contributed by atoms with Crippen molar-refractivity contribution in [3.8, 4) is 23.0 Å². The van der Waals surface area contributed by atoms with Crippen LogP contribution in [0.25, 0.3) is 0 Å². The molecule has 208 valence electrons. The third kappa shape index (κ3) is 5.50. The zero-order valence-electron chi connectivity index (χ0n) is 23.1. The number of benzene rings is 2. The number of ether oxygens (including phenoxy) is 5. The molecule has 0 saturated carbocycles. The van der Waals surface area contributed by atoms with Gasteiger partial charge in [0.1, 0.15) is 0 Å². The van der Waals surface area contributed by atoms with E-state index in [2.05, 4.69) is 21.2 Å². The number of rotatable bonds is 9. The Balaban J connectivity index is 1.84. The summed E-state index contributed by atoms with van der Waals surface area (Å²) in [6.45, 7) is 6.15. The van der Waals surface area contributed by atoms with Gasteiger partial charge in [0.2, 0.25) is 0 Å². The minimum absolute atomic E-state index is 0.0345. The predicted octanol–water partition coefficient (Wildman–Crippen LogP) is 5.80.